The molecule has 2 aromatic rings. The minimum Gasteiger partial charge on any atom is -0.391 e. The van der Waals surface area contributed by atoms with Gasteiger partial charge in [-0.2, -0.15) is 0 Å². The molecule has 2 heterocycles. The van der Waals surface area contributed by atoms with Crippen molar-refractivity contribution in [3.8, 4) is 0 Å². The van der Waals surface area contributed by atoms with Crippen molar-refractivity contribution in [3.63, 3.8) is 0 Å². The average Bonchev–Trinajstić information content (AvgIpc) is 3.30. The van der Waals surface area contributed by atoms with Crippen molar-refractivity contribution in [1.29, 1.82) is 5.41 Å². The van der Waals surface area contributed by atoms with Crippen LogP contribution in [0.3, 0.4) is 0 Å². The van der Waals surface area contributed by atoms with E-state index in [0.29, 0.717) is 35.4 Å². The average molecular weight is 481 g/mol. The van der Waals surface area contributed by atoms with Crippen molar-refractivity contribution in [2.24, 2.45) is 0 Å². The number of aldehydes is 1. The second kappa shape index (κ2) is 14.5. The molecule has 1 saturated heterocycles. The van der Waals surface area contributed by atoms with Crippen LogP contribution in [0.5, 0.6) is 0 Å². The van der Waals surface area contributed by atoms with Crippen molar-refractivity contribution in [1.82, 2.24) is 10.3 Å². The lowest BCUT2D eigenvalue weighted by Crippen LogP contribution is -2.52. The maximum Gasteiger partial charge on any atom is 0.185 e. The zero-order valence-electron chi connectivity index (χ0n) is 19.9. The maximum absolute atomic E-state index is 13.3. The van der Waals surface area contributed by atoms with Gasteiger partial charge in [0.2, 0.25) is 0 Å². The number of nitrogens with one attached hydrogen (secondary N) is 3. The number of nitrogens with zero attached hydrogens (tertiary/aromatic N) is 1. The first kappa shape index (κ1) is 29.2. The Hall–Kier alpha value is -2.79. The Labute approximate surface area is 198 Å². The third-order valence-electron chi connectivity index (χ3n) is 5.19. The van der Waals surface area contributed by atoms with E-state index < -0.39 is 12.7 Å². The van der Waals surface area contributed by atoms with E-state index in [1.807, 2.05) is 20.9 Å². The molecule has 1 aromatic carbocycles. The molecule has 0 aliphatic carbocycles. The summed E-state index contributed by atoms with van der Waals surface area (Å²) in [6.45, 7) is 5.82. The van der Waals surface area contributed by atoms with Gasteiger partial charge in [-0.15, -0.1) is 0 Å². The molecule has 1 aliphatic heterocycles. The number of rotatable bonds is 7. The number of hydrogen-bond acceptors (Lipinski definition) is 8. The van der Waals surface area contributed by atoms with E-state index in [2.05, 4.69) is 15.6 Å². The lowest BCUT2D eigenvalue weighted by molar-refractivity contribution is 0.0646. The zero-order chi connectivity index (χ0) is 25.7. The number of likely N-dealkylation sites (N-methyl/N-ethyl adjacent to an activating group) is 1. The molecule has 1 aromatic heterocycles. The Kier molecular flexibility index (Phi) is 12.4. The molecule has 0 spiro atoms. The van der Waals surface area contributed by atoms with E-state index in [1.165, 1.54) is 18.3 Å². The van der Waals surface area contributed by atoms with Crippen LogP contribution < -0.4 is 10.6 Å². The summed E-state index contributed by atoms with van der Waals surface area (Å²) in [5, 5.41) is 30.7. The highest BCUT2D eigenvalue weighted by atomic mass is 19.1. The lowest BCUT2D eigenvalue weighted by Gasteiger charge is -2.29. The third-order valence-corrected chi connectivity index (χ3v) is 5.19. The van der Waals surface area contributed by atoms with Gasteiger partial charge < -0.3 is 25.6 Å². The summed E-state index contributed by atoms with van der Waals surface area (Å²) in [7, 11) is 1.86. The molecule has 1 aliphatic rings. The van der Waals surface area contributed by atoms with Crippen LogP contribution >= 0.6 is 0 Å². The minimum absolute atomic E-state index is 0.107. The summed E-state index contributed by atoms with van der Waals surface area (Å²) in [6, 6.07) is 7.58. The minimum atomic E-state index is -1.25. The van der Waals surface area contributed by atoms with Crippen LogP contribution in [0, 0.1) is 11.2 Å². The number of aliphatic hydroxyl groups excluding tert-OH is 2. The van der Waals surface area contributed by atoms with Crippen LogP contribution in [-0.4, -0.2) is 72.0 Å². The highest BCUT2D eigenvalue weighted by Crippen LogP contribution is 2.22. The summed E-state index contributed by atoms with van der Waals surface area (Å²) >= 11 is 0. The maximum atomic E-state index is 13.3. The predicted octanol–water partition coefficient (Wildman–Crippen LogP) is 2.92. The Morgan fingerprint density at radius 1 is 1.35 bits per heavy atom. The molecule has 0 radical (unpaired) electrons. The molecule has 0 saturated carbocycles. The number of alkyl halides is 1. The van der Waals surface area contributed by atoms with Crippen molar-refractivity contribution in [2.45, 2.75) is 44.9 Å². The Morgan fingerprint density at radius 3 is 2.47 bits per heavy atom. The summed E-state index contributed by atoms with van der Waals surface area (Å²) in [5.74, 6) is -0.403. The SMILES string of the molecule is CC(C)Nc1cc(C=O)cnc1C(=N)c1cccc(F)c1.CNC1(C(C)O)CCOC1.OCF. The van der Waals surface area contributed by atoms with E-state index >= 15 is 0 Å². The van der Waals surface area contributed by atoms with E-state index in [4.69, 9.17) is 15.3 Å². The highest BCUT2D eigenvalue weighted by Gasteiger charge is 2.37. The van der Waals surface area contributed by atoms with E-state index in [1.54, 1.807) is 25.1 Å². The molecule has 10 heteroatoms. The van der Waals surface area contributed by atoms with E-state index in [9.17, 15) is 18.7 Å². The fraction of sp³-hybridized carbons (Fsp3) is 0.458. The molecular formula is C24H34F2N4O4. The third kappa shape index (κ3) is 8.53. The van der Waals surface area contributed by atoms with Gasteiger partial charge in [0.1, 0.15) is 11.5 Å². The quantitative estimate of drug-likeness (QED) is 0.305. The fourth-order valence-corrected chi connectivity index (χ4v) is 3.26. The summed E-state index contributed by atoms with van der Waals surface area (Å²) in [5.41, 5.74) is 1.76. The van der Waals surface area contributed by atoms with Gasteiger partial charge in [-0.25, -0.2) is 8.78 Å². The molecule has 0 bridgehead atoms. The Balaban J connectivity index is 0.000000369. The molecular weight excluding hydrogens is 446 g/mol. The Morgan fingerprint density at radius 2 is 2.03 bits per heavy atom. The van der Waals surface area contributed by atoms with Gasteiger partial charge >= 0.3 is 0 Å². The molecule has 5 N–H and O–H groups in total. The number of anilines is 1. The molecule has 0 amide bonds. The number of aliphatic hydroxyl groups is 2. The van der Waals surface area contributed by atoms with Crippen molar-refractivity contribution >= 4 is 17.7 Å². The second-order valence-corrected chi connectivity index (χ2v) is 7.97. The van der Waals surface area contributed by atoms with Gasteiger partial charge in [0.05, 0.1) is 29.6 Å². The van der Waals surface area contributed by atoms with E-state index in [-0.39, 0.29) is 23.4 Å². The first-order chi connectivity index (χ1) is 16.1. The van der Waals surface area contributed by atoms with E-state index in [0.717, 1.165) is 13.0 Å². The van der Waals surface area contributed by atoms with Crippen molar-refractivity contribution in [3.05, 3.63) is 59.2 Å². The monoisotopic (exact) mass is 480 g/mol. The number of carbonyl (C=O) groups is 1. The molecule has 2 atom stereocenters. The molecule has 1 fully saturated rings. The number of carbonyl (C=O) groups excluding carboxylic acids is 1. The smallest absolute Gasteiger partial charge is 0.185 e. The molecule has 3 rings (SSSR count). The van der Waals surface area contributed by atoms with Crippen LogP contribution in [0.2, 0.25) is 0 Å². The van der Waals surface area contributed by atoms with Crippen molar-refractivity contribution < 1.29 is 28.5 Å². The largest absolute Gasteiger partial charge is 0.391 e. The zero-order valence-corrected chi connectivity index (χ0v) is 19.9. The van der Waals surface area contributed by atoms with Gasteiger partial charge in [0.25, 0.3) is 0 Å². The number of ether oxygens (including phenoxy) is 1. The summed E-state index contributed by atoms with van der Waals surface area (Å²) < 4.78 is 28.3. The van der Waals surface area contributed by atoms with Crippen LogP contribution in [0.15, 0.2) is 36.5 Å². The molecule has 8 nitrogen and oxygen atoms in total. The second-order valence-electron chi connectivity index (χ2n) is 7.97. The van der Waals surface area contributed by atoms with Gasteiger partial charge in [-0.05, 0) is 52.4 Å². The lowest BCUT2D eigenvalue weighted by atomic mass is 9.93. The molecule has 34 heavy (non-hydrogen) atoms. The molecule has 188 valence electrons. The van der Waals surface area contributed by atoms with Gasteiger partial charge in [-0.1, -0.05) is 12.1 Å². The number of halogens is 2. The van der Waals surface area contributed by atoms with Crippen LogP contribution in [0.25, 0.3) is 0 Å². The topological polar surface area (TPSA) is 128 Å². The van der Waals surface area contributed by atoms with Gasteiger partial charge in [0.15, 0.2) is 13.1 Å². The number of benzene rings is 1. The predicted molar refractivity (Wildman–Crippen MR) is 128 cm³/mol. The first-order valence-electron chi connectivity index (χ1n) is 10.8. The molecule has 2 unspecified atom stereocenters. The number of hydrogen-bond donors (Lipinski definition) is 5. The standard InChI is InChI=1S/C16H16FN3O.C7H15NO2.CH3FO/c1-10(2)20-14-6-11(9-21)8-19-16(14)15(18)12-4-3-5-13(17)7-12;1-6(9)7(8-2)3-4-10-5-7;2-1-3/h3-10,18,20H,1-2H3;6,8-9H,3-5H2,1-2H3;3H,1H2. The number of pyridine rings is 1. The van der Waals surface area contributed by atoms with Crippen LogP contribution in [-0.2, 0) is 4.74 Å². The Bertz CT molecular complexity index is 920. The fourth-order valence-electron chi connectivity index (χ4n) is 3.26. The van der Waals surface area contributed by atoms with Crippen LogP contribution in [0.1, 0.15) is 48.8 Å². The normalized spacial score (nSPS) is 17.7. The first-order valence-corrected chi connectivity index (χ1v) is 10.8. The summed E-state index contributed by atoms with van der Waals surface area (Å²) in [4.78, 5) is 15.0. The number of aromatic nitrogens is 1. The van der Waals surface area contributed by atoms with Crippen molar-refractivity contribution in [2.75, 3.05) is 32.4 Å². The van der Waals surface area contributed by atoms with Crippen LogP contribution in [0.4, 0.5) is 14.5 Å². The van der Waals surface area contributed by atoms with Gasteiger partial charge in [0, 0.05) is 30.0 Å². The highest BCUT2D eigenvalue weighted by molar-refractivity contribution is 6.12. The summed E-state index contributed by atoms with van der Waals surface area (Å²) in [6.07, 6.45) is 2.68. The van der Waals surface area contributed by atoms with Gasteiger partial charge in [-0.3, -0.25) is 15.2 Å².